The Kier molecular flexibility index (Phi) is 13.7. The molecule has 19 heavy (non-hydrogen) atoms. The molecule has 0 bridgehead atoms. The molecule has 0 rings (SSSR count). The Labute approximate surface area is 134 Å². The molecule has 0 saturated carbocycles. The number of hydrogen-bond acceptors (Lipinski definition) is 7. The topological polar surface area (TPSA) is 117 Å². The number of rotatable bonds is 8. The van der Waals surface area contributed by atoms with Crippen molar-refractivity contribution < 1.29 is 41.9 Å². The number of nitrogens with zero attached hydrogens (tertiary/aromatic N) is 2. The minimum atomic E-state index is -0.740. The van der Waals surface area contributed by atoms with Crippen LogP contribution in [-0.4, -0.2) is 47.0 Å². The Morgan fingerprint density at radius 3 is 2.26 bits per heavy atom. The molecule has 0 aromatic carbocycles. The summed E-state index contributed by atoms with van der Waals surface area (Å²) in [5, 5.41) is 11.1. The van der Waals surface area contributed by atoms with Gasteiger partial charge in [0.05, 0.1) is 0 Å². The van der Waals surface area contributed by atoms with Crippen LogP contribution in [0.15, 0.2) is 0 Å². The molecule has 0 aliphatic carbocycles. The zero-order chi connectivity index (χ0) is 16.0. The van der Waals surface area contributed by atoms with Crippen molar-refractivity contribution in [1.82, 2.24) is 0 Å². The zero-order valence-electron chi connectivity index (χ0n) is 10.7. The number of amides is 2. The Morgan fingerprint density at radius 2 is 1.79 bits per heavy atom. The summed E-state index contributed by atoms with van der Waals surface area (Å²) in [4.78, 5) is 32.8. The van der Waals surface area contributed by atoms with Crippen LogP contribution in [0.3, 0.4) is 0 Å². The molecule has 107 valence electrons. The van der Waals surface area contributed by atoms with Crippen LogP contribution in [0.5, 0.6) is 0 Å². The third kappa shape index (κ3) is 13.8. The molecule has 0 fully saturated rings. The second-order valence-electron chi connectivity index (χ2n) is 3.11. The van der Waals surface area contributed by atoms with Crippen LogP contribution < -0.4 is 0 Å². The third-order valence-electron chi connectivity index (χ3n) is 1.73. The van der Waals surface area contributed by atoms with Crippen molar-refractivity contribution in [2.45, 2.75) is 18.9 Å². The quantitative estimate of drug-likeness (QED) is 0.578. The summed E-state index contributed by atoms with van der Waals surface area (Å²) in [6, 6.07) is -0.620. The van der Waals surface area contributed by atoms with Gasteiger partial charge in [-0.3, -0.25) is 4.79 Å². The maximum atomic E-state index is 11.1. The van der Waals surface area contributed by atoms with Crippen LogP contribution in [0.25, 0.3) is 12.1 Å². The molecule has 1 unspecified atom stereocenters. The van der Waals surface area contributed by atoms with E-state index in [1.54, 1.807) is 0 Å². The van der Waals surface area contributed by atoms with Gasteiger partial charge in [0.15, 0.2) is 0 Å². The van der Waals surface area contributed by atoms with E-state index in [1.165, 1.54) is 0 Å². The second kappa shape index (κ2) is 14.0. The molecule has 0 heterocycles. The van der Waals surface area contributed by atoms with Crippen molar-refractivity contribution in [1.29, 1.82) is 1.43 Å². The van der Waals surface area contributed by atoms with E-state index in [4.69, 9.17) is 4.94 Å². The van der Waals surface area contributed by atoms with E-state index in [9.17, 15) is 14.4 Å². The average molecular weight is 392 g/mol. The van der Waals surface area contributed by atoms with Gasteiger partial charge in [-0.2, -0.15) is 0 Å². The van der Waals surface area contributed by atoms with E-state index in [0.29, 0.717) is 0 Å². The summed E-state index contributed by atoms with van der Waals surface area (Å²) in [6.45, 7) is -0.0260. The van der Waals surface area contributed by atoms with Crippen molar-refractivity contribution in [2.75, 3.05) is 18.1 Å². The van der Waals surface area contributed by atoms with Crippen LogP contribution in [0.4, 0.5) is 0 Å². The van der Waals surface area contributed by atoms with Crippen LogP contribution >= 0.6 is 0 Å². The minimum absolute atomic E-state index is 0.0260. The number of carbonyl (C=O) groups is 3. The first-order valence-electron chi connectivity index (χ1n) is 5.36. The summed E-state index contributed by atoms with van der Waals surface area (Å²) in [6.07, 6.45) is 0.0763. The van der Waals surface area contributed by atoms with E-state index in [-0.39, 0.29) is 30.9 Å². The van der Waals surface area contributed by atoms with E-state index >= 15 is 0 Å². The molecule has 7 nitrogen and oxygen atoms in total. The van der Waals surface area contributed by atoms with Gasteiger partial charge in [0.1, 0.15) is 0 Å². The summed E-state index contributed by atoms with van der Waals surface area (Å²) < 4.78 is 14.6. The predicted molar refractivity (Wildman–Crippen MR) is 67.4 cm³/mol. The summed E-state index contributed by atoms with van der Waals surface area (Å²) in [5.41, 5.74) is 0. The van der Waals surface area contributed by atoms with Crippen LogP contribution in [0.2, 0.25) is 0 Å². The van der Waals surface area contributed by atoms with Gasteiger partial charge in [-0.1, -0.05) is 6.42 Å². The van der Waals surface area contributed by atoms with E-state index < -0.39 is 23.8 Å². The van der Waals surface area contributed by atoms with Crippen molar-refractivity contribution in [3.8, 4) is 0 Å². The molecular weight excluding hydrogens is 378 g/mol. The van der Waals surface area contributed by atoms with Crippen molar-refractivity contribution in [3.05, 3.63) is 10.6 Å². The number of carbonyl (C=O) groups excluding carboxylic acids is 2. The number of carboxylic acids is 1. The first kappa shape index (κ1) is 18.6. The summed E-state index contributed by atoms with van der Waals surface area (Å²) >= 11 is 9.94. The Morgan fingerprint density at radius 1 is 1.21 bits per heavy atom. The molecule has 1 N–H and O–H groups in total. The van der Waals surface area contributed by atoms with Gasteiger partial charge >= 0.3 is 28.3 Å². The summed E-state index contributed by atoms with van der Waals surface area (Å²) in [7, 11) is 0. The van der Waals surface area contributed by atoms with Crippen LogP contribution in [0.1, 0.15) is 12.8 Å². The monoisotopic (exact) mass is 391 g/mol. The molecule has 0 aromatic rings. The molecule has 0 radical (unpaired) electrons. The van der Waals surface area contributed by atoms with Gasteiger partial charge < -0.3 is 50.6 Å². The van der Waals surface area contributed by atoms with E-state index in [0.717, 1.165) is 18.9 Å². The van der Waals surface area contributed by atoms with Crippen molar-refractivity contribution in [2.24, 2.45) is 0 Å². The average Bonchev–Trinajstić information content (AvgIpc) is 2.50. The van der Waals surface area contributed by atoms with Gasteiger partial charge in [0.2, 0.25) is 0 Å². The normalized spacial score (nSPS) is 11.3. The van der Waals surface area contributed by atoms with Gasteiger partial charge in [0, 0.05) is 18.2 Å². The fourth-order valence-corrected chi connectivity index (χ4v) is 1.14. The number of aliphatic carboxylic acids is 1. The van der Waals surface area contributed by atoms with Crippen LogP contribution in [-0.2, 0) is 62.0 Å². The predicted octanol–water partition coefficient (Wildman–Crippen LogP) is -0.00710. The van der Waals surface area contributed by atoms with Gasteiger partial charge in [-0.15, -0.1) is 24.1 Å². The fourth-order valence-electron chi connectivity index (χ4n) is 0.975. The number of carboxylic acid groups (broad SMARTS) is 1. The maximum absolute atomic E-state index is 11.1. The van der Waals surface area contributed by atoms with Crippen molar-refractivity contribution in [3.63, 3.8) is 0 Å². The molecule has 0 aromatic heterocycles. The summed E-state index contributed by atoms with van der Waals surface area (Å²) in [5.74, 6) is -2.03. The van der Waals surface area contributed by atoms with Crippen molar-refractivity contribution >= 4 is 43.0 Å². The second-order valence-corrected chi connectivity index (χ2v) is 3.69. The fraction of sp³-hybridized carbons (Fsp3) is 0.667. The molecule has 2 amide bonds. The molecule has 0 aliphatic heterocycles. The third-order valence-corrected chi connectivity index (χ3v) is 2.23. The van der Waals surface area contributed by atoms with Crippen LogP contribution in [0, 0.1) is 0 Å². The van der Waals surface area contributed by atoms with Gasteiger partial charge in [0.25, 0.3) is 1.43 Å². The Hall–Kier alpha value is -0.441. The van der Waals surface area contributed by atoms with Gasteiger partial charge in [-0.05, 0) is 0 Å². The Balaban J connectivity index is 0. The molecule has 0 aliphatic rings. The molecule has 10 heteroatoms. The standard InChI is InChI=1S/C9H16N2O4S2.O.Tc/c12-7(4-16)10-3-6(1-2-9(14)15)11-8(13)5-17;;/h6H,1-5H2,(H5,10,11,12,13,14,15,16,17);;/q;;+4/p-4/i/hT. The molecule has 1 atom stereocenters. The molecule has 0 spiro atoms. The first-order valence-corrected chi connectivity index (χ1v) is 6.86. The zero-order valence-corrected chi connectivity index (χ0v) is 13.2. The Bertz CT molecular complexity index is 305. The molecule has 0 saturated heterocycles. The van der Waals surface area contributed by atoms with E-state index in [2.05, 4.69) is 41.0 Å². The van der Waals surface area contributed by atoms with Gasteiger partial charge in [-0.25, -0.2) is 0 Å². The SMILES string of the molecule is [3H]OC(=O)CCC(C[N-]C(=O)C[S-])[N-]C(=O)C[S-].[O]=[Tc+4]. The molecular formula is C9H12N2O5S2Tc. The van der Waals surface area contributed by atoms with E-state index in [1.807, 2.05) is 0 Å². The first-order chi connectivity index (χ1) is 9.53. The number of hydrogen-bond donors (Lipinski definition) is 1.